The number of urea groups is 1. The number of benzene rings is 3. The van der Waals surface area contributed by atoms with Crippen LogP contribution in [0.25, 0.3) is 0 Å². The second-order valence-corrected chi connectivity index (χ2v) is 6.31. The lowest BCUT2D eigenvalue weighted by atomic mass is 10.0. The van der Waals surface area contributed by atoms with Crippen molar-refractivity contribution >= 4 is 23.3 Å². The van der Waals surface area contributed by atoms with Crippen molar-refractivity contribution in [2.24, 2.45) is 10.2 Å². The fourth-order valence-corrected chi connectivity index (χ4v) is 2.59. The molecule has 0 aliphatic heterocycles. The Morgan fingerprint density at radius 3 is 1.82 bits per heavy atom. The van der Waals surface area contributed by atoms with Gasteiger partial charge in [-0.15, -0.1) is 10.2 Å². The van der Waals surface area contributed by atoms with Crippen molar-refractivity contribution in [2.75, 3.05) is 5.32 Å². The van der Waals surface area contributed by atoms with Crippen LogP contribution in [0, 0.1) is 6.92 Å². The molecule has 140 valence electrons. The number of hydrogen-bond donors (Lipinski definition) is 2. The number of amides is 2. The van der Waals surface area contributed by atoms with Crippen molar-refractivity contribution in [3.63, 3.8) is 0 Å². The summed E-state index contributed by atoms with van der Waals surface area (Å²) in [5.41, 5.74) is 4.49. The van der Waals surface area contributed by atoms with Gasteiger partial charge in [0.25, 0.3) is 0 Å². The van der Waals surface area contributed by atoms with E-state index in [-0.39, 0.29) is 6.03 Å². The predicted molar refractivity (Wildman–Crippen MR) is 115 cm³/mol. The van der Waals surface area contributed by atoms with Crippen molar-refractivity contribution in [2.45, 2.75) is 13.8 Å². The molecule has 0 aliphatic rings. The van der Waals surface area contributed by atoms with Crippen LogP contribution in [0.15, 0.2) is 95.1 Å². The van der Waals surface area contributed by atoms with Crippen LogP contribution >= 0.6 is 0 Å². The Bertz CT molecular complexity index is 937. The molecule has 0 unspecified atom stereocenters. The highest BCUT2D eigenvalue weighted by molar-refractivity contribution is 6.13. The molecule has 3 aromatic rings. The maximum absolute atomic E-state index is 12.1. The molecule has 3 aromatic carbocycles. The van der Waals surface area contributed by atoms with Gasteiger partial charge in [0.05, 0.1) is 0 Å². The Hall–Kier alpha value is -3.73. The van der Waals surface area contributed by atoms with Gasteiger partial charge in [-0.2, -0.15) is 0 Å². The summed E-state index contributed by atoms with van der Waals surface area (Å²) in [6.07, 6.45) is 0. The molecule has 0 fully saturated rings. The highest BCUT2D eigenvalue weighted by Gasteiger charge is 2.07. The number of carbonyl (C=O) groups is 1. The number of carbonyl (C=O) groups excluding carboxylic acids is 1. The predicted octanol–water partition coefficient (Wildman–Crippen LogP) is 4.99. The molecule has 0 saturated carbocycles. The standard InChI is InChI=1S/C23H22N4O/c1-17-13-15-21(16-14-17)25-23(28)24-18(2)26-27-22(19-9-5-3-6-10-19)20-11-7-4-8-12-20/h3-16H,1-2H3,(H2,24,25,26,28). The van der Waals surface area contributed by atoms with Gasteiger partial charge in [0.1, 0.15) is 11.5 Å². The summed E-state index contributed by atoms with van der Waals surface area (Å²) in [5.74, 6) is 0.397. The van der Waals surface area contributed by atoms with E-state index in [0.717, 1.165) is 22.4 Å². The van der Waals surface area contributed by atoms with Crippen LogP contribution in [0.5, 0.6) is 0 Å². The van der Waals surface area contributed by atoms with E-state index in [2.05, 4.69) is 20.8 Å². The summed E-state index contributed by atoms with van der Waals surface area (Å²) >= 11 is 0. The second kappa shape index (κ2) is 9.28. The minimum absolute atomic E-state index is 0.360. The van der Waals surface area contributed by atoms with Gasteiger partial charge in [-0.25, -0.2) is 4.79 Å². The number of aryl methyl sites for hydroxylation is 1. The van der Waals surface area contributed by atoms with Crippen LogP contribution in [-0.4, -0.2) is 17.6 Å². The van der Waals surface area contributed by atoms with Crippen LogP contribution in [-0.2, 0) is 0 Å². The van der Waals surface area contributed by atoms with Gasteiger partial charge < -0.3 is 5.32 Å². The minimum Gasteiger partial charge on any atom is -0.308 e. The fraction of sp³-hybridized carbons (Fsp3) is 0.0870. The molecule has 0 aliphatic carbocycles. The van der Waals surface area contributed by atoms with Crippen LogP contribution in [0.1, 0.15) is 23.6 Å². The molecule has 0 atom stereocenters. The number of hydrogen-bond acceptors (Lipinski definition) is 3. The number of nitrogens with zero attached hydrogens (tertiary/aromatic N) is 2. The Morgan fingerprint density at radius 2 is 1.29 bits per heavy atom. The molecule has 2 amide bonds. The average Bonchev–Trinajstić information content (AvgIpc) is 2.71. The SMILES string of the molecule is C/C(=N/N=C(c1ccccc1)c1ccccc1)NC(=O)Nc1ccc(C)cc1. The third-order valence-corrected chi connectivity index (χ3v) is 4.00. The van der Waals surface area contributed by atoms with Crippen LogP contribution in [0.2, 0.25) is 0 Å². The molecule has 0 spiro atoms. The quantitative estimate of drug-likeness (QED) is 0.379. The van der Waals surface area contributed by atoms with Crippen molar-refractivity contribution in [3.8, 4) is 0 Å². The zero-order valence-corrected chi connectivity index (χ0v) is 15.9. The first-order valence-electron chi connectivity index (χ1n) is 8.99. The Kier molecular flexibility index (Phi) is 6.31. The number of amidine groups is 1. The Balaban J connectivity index is 1.76. The van der Waals surface area contributed by atoms with E-state index in [1.165, 1.54) is 0 Å². The molecule has 28 heavy (non-hydrogen) atoms. The number of rotatable bonds is 4. The molecule has 5 nitrogen and oxygen atoms in total. The van der Waals surface area contributed by atoms with Gasteiger partial charge in [-0.05, 0) is 26.0 Å². The van der Waals surface area contributed by atoms with E-state index in [1.807, 2.05) is 91.9 Å². The van der Waals surface area contributed by atoms with Gasteiger partial charge in [0.2, 0.25) is 0 Å². The molecule has 0 aromatic heterocycles. The zero-order chi connectivity index (χ0) is 19.8. The van der Waals surface area contributed by atoms with Crippen molar-refractivity contribution in [1.82, 2.24) is 5.32 Å². The summed E-state index contributed by atoms with van der Waals surface area (Å²) in [5, 5.41) is 14.1. The highest BCUT2D eigenvalue weighted by Crippen LogP contribution is 2.11. The van der Waals surface area contributed by atoms with Gasteiger partial charge >= 0.3 is 6.03 Å². The smallest absolute Gasteiger partial charge is 0.308 e. The van der Waals surface area contributed by atoms with E-state index in [4.69, 9.17) is 0 Å². The van der Waals surface area contributed by atoms with Gasteiger partial charge in [-0.1, -0.05) is 78.4 Å². The number of nitrogens with one attached hydrogen (secondary N) is 2. The van der Waals surface area contributed by atoms with Crippen molar-refractivity contribution < 1.29 is 4.79 Å². The zero-order valence-electron chi connectivity index (χ0n) is 15.9. The highest BCUT2D eigenvalue weighted by atomic mass is 16.2. The van der Waals surface area contributed by atoms with Gasteiger partial charge in [0.15, 0.2) is 0 Å². The topological polar surface area (TPSA) is 65.8 Å². The van der Waals surface area contributed by atoms with Crippen LogP contribution in [0.3, 0.4) is 0 Å². The van der Waals surface area contributed by atoms with Gasteiger partial charge in [0, 0.05) is 16.8 Å². The molecule has 0 heterocycles. The second-order valence-electron chi connectivity index (χ2n) is 6.31. The molecule has 2 N–H and O–H groups in total. The van der Waals surface area contributed by atoms with E-state index >= 15 is 0 Å². The summed E-state index contributed by atoms with van der Waals surface area (Å²) in [6, 6.07) is 26.9. The molecule has 3 rings (SSSR count). The molecule has 5 heteroatoms. The first kappa shape index (κ1) is 19.0. The largest absolute Gasteiger partial charge is 0.324 e. The molecular formula is C23H22N4O. The monoisotopic (exact) mass is 370 g/mol. The first-order chi connectivity index (χ1) is 13.6. The van der Waals surface area contributed by atoms with Crippen molar-refractivity contribution in [3.05, 3.63) is 102 Å². The van der Waals surface area contributed by atoms with Gasteiger partial charge in [-0.3, -0.25) is 5.32 Å². The van der Waals surface area contributed by atoms with Crippen LogP contribution in [0.4, 0.5) is 10.5 Å². The maximum atomic E-state index is 12.1. The molecular weight excluding hydrogens is 348 g/mol. The van der Waals surface area contributed by atoms with E-state index in [1.54, 1.807) is 6.92 Å². The van der Waals surface area contributed by atoms with Crippen molar-refractivity contribution in [1.29, 1.82) is 0 Å². The lowest BCUT2D eigenvalue weighted by molar-refractivity contribution is 0.256. The van der Waals surface area contributed by atoms with E-state index in [0.29, 0.717) is 11.5 Å². The third-order valence-electron chi connectivity index (χ3n) is 4.00. The lowest BCUT2D eigenvalue weighted by Gasteiger charge is -2.08. The minimum atomic E-state index is -0.360. The molecule has 0 saturated heterocycles. The van der Waals surface area contributed by atoms with E-state index < -0.39 is 0 Å². The third kappa shape index (κ3) is 5.38. The summed E-state index contributed by atoms with van der Waals surface area (Å²) in [6.45, 7) is 3.70. The average molecular weight is 370 g/mol. The van der Waals surface area contributed by atoms with E-state index in [9.17, 15) is 4.79 Å². The summed E-state index contributed by atoms with van der Waals surface area (Å²) in [4.78, 5) is 12.1. The van der Waals surface area contributed by atoms with Crippen LogP contribution < -0.4 is 10.6 Å². The normalized spacial score (nSPS) is 10.9. The Morgan fingerprint density at radius 1 is 0.750 bits per heavy atom. The summed E-state index contributed by atoms with van der Waals surface area (Å²) in [7, 11) is 0. The molecule has 0 radical (unpaired) electrons. The fourth-order valence-electron chi connectivity index (χ4n) is 2.59. The number of anilines is 1. The molecule has 0 bridgehead atoms. The maximum Gasteiger partial charge on any atom is 0.324 e. The summed E-state index contributed by atoms with van der Waals surface area (Å²) < 4.78 is 0. The first-order valence-corrected chi connectivity index (χ1v) is 8.99. The Labute approximate surface area is 164 Å². The lowest BCUT2D eigenvalue weighted by Crippen LogP contribution is -2.32.